The molecule has 0 aromatic heterocycles. The third kappa shape index (κ3) is 5.20. The maximum absolute atomic E-state index is 12.8. The van der Waals surface area contributed by atoms with Gasteiger partial charge in [0, 0.05) is 0 Å². The van der Waals surface area contributed by atoms with E-state index in [0.29, 0.717) is 9.79 Å². The second kappa shape index (κ2) is 11.8. The Hall–Kier alpha value is -1.72. The molecule has 0 radical (unpaired) electrons. The Bertz CT molecular complexity index is 971. The standard InChI is InChI=1S/C13H17.C11H8O2.2CH3O.Ti/c1-3-7-12-10(5-1)9-11-6-2-4-8-13(11)12;12-11(13)10-7-3-5-8-4-1-2-6-9(8)10;2*1-2;/h5H,1-4,6-9H2;1-7H,(H,12,13);2*1H3;/q;;2*-1;+3/p-1. The molecule has 0 spiro atoms. The second-order valence-electron chi connectivity index (χ2n) is 7.95. The van der Waals surface area contributed by atoms with Crippen LogP contribution in [0.15, 0.2) is 64.8 Å². The molecule has 5 heteroatoms. The van der Waals surface area contributed by atoms with Gasteiger partial charge in [0.1, 0.15) is 0 Å². The van der Waals surface area contributed by atoms with Crippen LogP contribution in [0, 0.1) is 0 Å². The minimum absolute atomic E-state index is 0.129. The zero-order valence-electron chi connectivity index (χ0n) is 18.4. The number of allylic oxidation sites excluding steroid dienone is 4. The molecule has 2 aromatic rings. The molecule has 31 heavy (non-hydrogen) atoms. The Morgan fingerprint density at radius 1 is 0.903 bits per heavy atom. The quantitative estimate of drug-likeness (QED) is 0.641. The van der Waals surface area contributed by atoms with E-state index >= 15 is 0 Å². The molecule has 0 heterocycles. The monoisotopic (exact) mass is 454 g/mol. The van der Waals surface area contributed by atoms with Crippen molar-refractivity contribution in [3.05, 3.63) is 70.3 Å². The number of hydrogen-bond donors (Lipinski definition) is 0. The summed E-state index contributed by atoms with van der Waals surface area (Å²) in [5, 5.41) is 18.6. The van der Waals surface area contributed by atoms with Crippen LogP contribution in [0.25, 0.3) is 10.8 Å². The van der Waals surface area contributed by atoms with Gasteiger partial charge in [-0.1, -0.05) is 0 Å². The van der Waals surface area contributed by atoms with Crippen LogP contribution in [0.1, 0.15) is 61.7 Å². The molecule has 1 atom stereocenters. The molecular weight excluding hydrogens is 424 g/mol. The van der Waals surface area contributed by atoms with Crippen molar-refractivity contribution in [1.29, 1.82) is 0 Å². The van der Waals surface area contributed by atoms with E-state index in [4.69, 9.17) is 13.5 Å². The van der Waals surface area contributed by atoms with E-state index < -0.39 is 19.5 Å². The van der Waals surface area contributed by atoms with Gasteiger partial charge in [0.25, 0.3) is 0 Å². The molecule has 0 amide bonds. The number of benzene rings is 2. The van der Waals surface area contributed by atoms with Crippen molar-refractivity contribution in [3.63, 3.8) is 0 Å². The van der Waals surface area contributed by atoms with Crippen LogP contribution in [0.4, 0.5) is 0 Å². The summed E-state index contributed by atoms with van der Waals surface area (Å²) in [6, 6.07) is 14.0. The fraction of sp³-hybridized carbons (Fsp3) is 0.423. The van der Waals surface area contributed by atoms with Gasteiger partial charge in [-0.2, -0.15) is 14.2 Å². The zero-order valence-corrected chi connectivity index (χ0v) is 20.0. The Labute approximate surface area is 194 Å². The van der Waals surface area contributed by atoms with Gasteiger partial charge in [0.15, 0.2) is 0 Å². The molecule has 3 aliphatic carbocycles. The molecule has 162 valence electrons. The van der Waals surface area contributed by atoms with E-state index in [9.17, 15) is 4.79 Å². The molecule has 0 fully saturated rings. The van der Waals surface area contributed by atoms with Gasteiger partial charge in [-0.25, -0.2) is 0 Å². The molecule has 5 rings (SSSR count). The average Bonchev–Trinajstić information content (AvgIpc) is 3.24. The van der Waals surface area contributed by atoms with Crippen LogP contribution in [0.3, 0.4) is 0 Å². The van der Waals surface area contributed by atoms with Crippen molar-refractivity contribution in [1.82, 2.24) is 0 Å². The topological polar surface area (TPSA) is 72.4 Å². The molecule has 0 bridgehead atoms. The van der Waals surface area contributed by atoms with Crippen LogP contribution in [0.2, 0.25) is 4.22 Å². The Balaban J connectivity index is 0.000000645. The van der Waals surface area contributed by atoms with E-state index in [1.807, 2.05) is 30.3 Å². The number of rotatable bonds is 3. The van der Waals surface area contributed by atoms with Crippen molar-refractivity contribution < 1.29 is 37.9 Å². The number of carbonyl (C=O) groups is 1. The summed E-state index contributed by atoms with van der Waals surface area (Å²) in [7, 11) is 1.50. The Morgan fingerprint density at radius 2 is 1.61 bits per heavy atom. The molecular formula is C26H30O4Ti. The van der Waals surface area contributed by atoms with Crippen LogP contribution in [0.5, 0.6) is 0 Å². The third-order valence-electron chi connectivity index (χ3n) is 6.38. The van der Waals surface area contributed by atoms with Gasteiger partial charge < -0.3 is 10.2 Å². The van der Waals surface area contributed by atoms with Crippen LogP contribution >= 0.6 is 0 Å². The van der Waals surface area contributed by atoms with E-state index in [1.165, 1.54) is 51.4 Å². The summed E-state index contributed by atoms with van der Waals surface area (Å²) < 4.78 is 6.51. The summed E-state index contributed by atoms with van der Waals surface area (Å²) in [4.78, 5) is 12.8. The maximum atomic E-state index is 12.8. The Kier molecular flexibility index (Phi) is 9.09. The number of fused-ring (bicyclic) bond motifs is 2. The van der Waals surface area contributed by atoms with E-state index in [1.54, 1.807) is 22.3 Å². The van der Waals surface area contributed by atoms with E-state index in [-0.39, 0.29) is 5.97 Å². The van der Waals surface area contributed by atoms with Gasteiger partial charge in [-0.15, -0.1) is 0 Å². The minimum atomic E-state index is -0.772. The van der Waals surface area contributed by atoms with E-state index in [0.717, 1.165) is 25.0 Å². The molecule has 4 nitrogen and oxygen atoms in total. The van der Waals surface area contributed by atoms with Crippen LogP contribution in [-0.4, -0.2) is 20.2 Å². The molecule has 3 aliphatic rings. The third-order valence-corrected chi connectivity index (χ3v) is 8.29. The molecule has 0 aliphatic heterocycles. The SMILES string of the molecule is C[O-].C[O-].O=C([O][Ti+2][CH]1CCCC2=C1CC1=C2CCCC1)c1cccc2ccccc12. The normalized spacial score (nSPS) is 19.3. The van der Waals surface area contributed by atoms with Crippen molar-refractivity contribution in [2.75, 3.05) is 14.2 Å². The predicted molar refractivity (Wildman–Crippen MR) is 116 cm³/mol. The van der Waals surface area contributed by atoms with Gasteiger partial charge >= 0.3 is 170 Å². The van der Waals surface area contributed by atoms with Gasteiger partial charge in [-0.3, -0.25) is 0 Å². The summed E-state index contributed by atoms with van der Waals surface area (Å²) in [6.45, 7) is 0. The number of carbonyl (C=O) groups excluding carboxylic acids is 1. The summed E-state index contributed by atoms with van der Waals surface area (Å²) in [5.41, 5.74) is 7.45. The zero-order chi connectivity index (χ0) is 22.2. The average molecular weight is 454 g/mol. The van der Waals surface area contributed by atoms with Crippen molar-refractivity contribution >= 4 is 16.7 Å². The van der Waals surface area contributed by atoms with Crippen molar-refractivity contribution in [2.45, 2.75) is 55.6 Å². The predicted octanol–water partition coefficient (Wildman–Crippen LogP) is 4.49. The van der Waals surface area contributed by atoms with Gasteiger partial charge in [0.05, 0.1) is 0 Å². The summed E-state index contributed by atoms with van der Waals surface area (Å²) in [6.07, 6.45) is 10.2. The van der Waals surface area contributed by atoms with E-state index in [2.05, 4.69) is 12.1 Å². The molecule has 1 unspecified atom stereocenters. The van der Waals surface area contributed by atoms with Crippen LogP contribution < -0.4 is 10.2 Å². The summed E-state index contributed by atoms with van der Waals surface area (Å²) >= 11 is -0.772. The molecule has 0 saturated heterocycles. The fourth-order valence-electron chi connectivity index (χ4n) is 5.07. The van der Waals surface area contributed by atoms with Crippen LogP contribution in [-0.2, 0) is 22.9 Å². The number of hydrogen-bond acceptors (Lipinski definition) is 4. The van der Waals surface area contributed by atoms with Gasteiger partial charge in [-0.05, 0) is 0 Å². The molecule has 0 saturated carbocycles. The molecule has 0 N–H and O–H groups in total. The summed E-state index contributed by atoms with van der Waals surface area (Å²) in [5.74, 6) is -0.129. The first-order chi connectivity index (χ1) is 15.3. The first-order valence-electron chi connectivity index (χ1n) is 11.0. The fourth-order valence-corrected chi connectivity index (χ4v) is 6.79. The first kappa shape index (κ1) is 23.9. The first-order valence-corrected chi connectivity index (χ1v) is 12.5. The second-order valence-corrected chi connectivity index (χ2v) is 9.72. The molecule has 2 aromatic carbocycles. The van der Waals surface area contributed by atoms with Gasteiger partial charge in [0.2, 0.25) is 0 Å². The van der Waals surface area contributed by atoms with Crippen molar-refractivity contribution in [2.24, 2.45) is 0 Å². The van der Waals surface area contributed by atoms with Crippen molar-refractivity contribution in [3.8, 4) is 0 Å². The Morgan fingerprint density at radius 3 is 2.45 bits per heavy atom.